The predicted molar refractivity (Wildman–Crippen MR) is 148 cm³/mol. The van der Waals surface area contributed by atoms with E-state index >= 15 is 0 Å². The van der Waals surface area contributed by atoms with E-state index < -0.39 is 12.0 Å². The molecule has 0 aliphatic carbocycles. The number of benzene rings is 1. The Bertz CT molecular complexity index is 1310. The molecule has 8 heteroatoms. The number of H-pyrrole nitrogens is 1. The van der Waals surface area contributed by atoms with E-state index in [1.165, 1.54) is 0 Å². The lowest BCUT2D eigenvalue weighted by molar-refractivity contribution is -0.155. The molecule has 38 heavy (non-hydrogen) atoms. The fourth-order valence-electron chi connectivity index (χ4n) is 4.92. The van der Waals surface area contributed by atoms with Gasteiger partial charge in [0.15, 0.2) is 0 Å². The van der Waals surface area contributed by atoms with E-state index in [9.17, 15) is 14.7 Å². The van der Waals surface area contributed by atoms with Crippen LogP contribution in [0.1, 0.15) is 58.1 Å². The number of aryl methyl sites for hydroxylation is 2. The lowest BCUT2D eigenvalue weighted by atomic mass is 9.94. The summed E-state index contributed by atoms with van der Waals surface area (Å²) in [5.74, 6) is 0.385. The van der Waals surface area contributed by atoms with Gasteiger partial charge >= 0.3 is 5.97 Å². The lowest BCUT2D eigenvalue weighted by Crippen LogP contribution is -2.30. The zero-order valence-corrected chi connectivity index (χ0v) is 23.3. The molecule has 8 nitrogen and oxygen atoms in total. The number of rotatable bonds is 9. The highest BCUT2D eigenvalue weighted by Gasteiger charge is 2.27. The van der Waals surface area contributed by atoms with Crippen LogP contribution in [0.5, 0.6) is 0 Å². The summed E-state index contributed by atoms with van der Waals surface area (Å²) in [6, 6.07) is 8.12. The van der Waals surface area contributed by atoms with Crippen molar-refractivity contribution < 1.29 is 19.4 Å². The molecule has 3 aromatic rings. The Morgan fingerprint density at radius 2 is 2.00 bits per heavy atom. The van der Waals surface area contributed by atoms with Crippen molar-refractivity contribution in [1.82, 2.24) is 14.5 Å². The van der Waals surface area contributed by atoms with Crippen LogP contribution < -0.4 is 5.56 Å². The molecule has 1 aliphatic heterocycles. The number of aromatic nitrogens is 3. The van der Waals surface area contributed by atoms with Gasteiger partial charge in [-0.25, -0.2) is 4.98 Å². The number of nitrogens with zero attached hydrogens (tertiary/aromatic N) is 2. The number of aliphatic hydroxyl groups is 1. The molecule has 1 aliphatic rings. The van der Waals surface area contributed by atoms with Gasteiger partial charge in [0.2, 0.25) is 0 Å². The maximum Gasteiger partial charge on any atom is 0.311 e. The highest BCUT2D eigenvalue weighted by atomic mass is 16.5. The second-order valence-electron chi connectivity index (χ2n) is 11.9. The molecule has 0 spiro atoms. The van der Waals surface area contributed by atoms with Crippen molar-refractivity contribution in [2.75, 3.05) is 19.8 Å². The van der Waals surface area contributed by atoms with E-state index in [-0.39, 0.29) is 16.9 Å². The minimum absolute atomic E-state index is 0.100. The summed E-state index contributed by atoms with van der Waals surface area (Å²) < 4.78 is 13.3. The topological polar surface area (TPSA) is 106 Å². The molecule has 0 radical (unpaired) electrons. The first-order valence-electron chi connectivity index (χ1n) is 13.6. The van der Waals surface area contributed by atoms with Gasteiger partial charge < -0.3 is 24.1 Å². The Hall–Kier alpha value is -2.97. The monoisotopic (exact) mass is 523 g/mol. The molecular weight excluding hydrogens is 482 g/mol. The summed E-state index contributed by atoms with van der Waals surface area (Å²) in [6.45, 7) is 12.2. The molecule has 4 rings (SSSR count). The first kappa shape index (κ1) is 28.0. The lowest BCUT2D eigenvalue weighted by Gasteiger charge is -2.23. The molecule has 0 bridgehead atoms. The van der Waals surface area contributed by atoms with Gasteiger partial charge in [0.05, 0.1) is 29.7 Å². The van der Waals surface area contributed by atoms with Gasteiger partial charge in [0, 0.05) is 37.1 Å². The highest BCUT2D eigenvalue weighted by Crippen LogP contribution is 2.29. The van der Waals surface area contributed by atoms with E-state index in [2.05, 4.69) is 27.8 Å². The van der Waals surface area contributed by atoms with Gasteiger partial charge in [0.1, 0.15) is 5.82 Å². The van der Waals surface area contributed by atoms with Crippen molar-refractivity contribution in [3.63, 3.8) is 0 Å². The number of pyridine rings is 1. The summed E-state index contributed by atoms with van der Waals surface area (Å²) in [7, 11) is 0. The average molecular weight is 524 g/mol. The van der Waals surface area contributed by atoms with Gasteiger partial charge in [-0.1, -0.05) is 26.8 Å². The summed E-state index contributed by atoms with van der Waals surface area (Å²) in [4.78, 5) is 32.5. The smallest absolute Gasteiger partial charge is 0.311 e. The van der Waals surface area contributed by atoms with E-state index in [4.69, 9.17) is 14.5 Å². The Kier molecular flexibility index (Phi) is 8.73. The summed E-state index contributed by atoms with van der Waals surface area (Å²) in [5, 5.41) is 10.3. The van der Waals surface area contributed by atoms with E-state index in [1.807, 2.05) is 26.8 Å². The van der Waals surface area contributed by atoms with Crippen molar-refractivity contribution in [2.45, 2.75) is 73.0 Å². The molecule has 3 heterocycles. The number of imidazole rings is 1. The number of aromatic amines is 1. The number of esters is 1. The minimum Gasteiger partial charge on any atom is -0.465 e. The molecule has 1 saturated heterocycles. The van der Waals surface area contributed by atoms with Crippen LogP contribution in [-0.2, 0) is 27.2 Å². The molecule has 0 unspecified atom stereocenters. The van der Waals surface area contributed by atoms with Crippen molar-refractivity contribution in [3.8, 4) is 11.4 Å². The molecule has 2 atom stereocenters. The SMILES string of the molecule is Cc1cc(-c2nc3cc(CC[C@H](C(=O)OCC(C)(C)C)[C@@H](C)O)ccc3n2CC2CCOCC2)c[nH]c1=O. The van der Waals surface area contributed by atoms with Gasteiger partial charge in [-0.2, -0.15) is 0 Å². The number of nitrogens with one attached hydrogen (secondary N) is 1. The first-order chi connectivity index (χ1) is 18.0. The molecular formula is C30H41N3O5. The van der Waals surface area contributed by atoms with Crippen molar-refractivity contribution in [3.05, 3.63) is 51.9 Å². The Labute approximate surface area is 224 Å². The molecule has 206 valence electrons. The van der Waals surface area contributed by atoms with Gasteiger partial charge in [-0.3, -0.25) is 9.59 Å². The molecule has 1 aromatic carbocycles. The van der Waals surface area contributed by atoms with Crippen LogP contribution in [0.3, 0.4) is 0 Å². The van der Waals surface area contributed by atoms with Crippen LogP contribution in [0.25, 0.3) is 22.4 Å². The maximum absolute atomic E-state index is 12.7. The third kappa shape index (κ3) is 6.91. The van der Waals surface area contributed by atoms with Gasteiger partial charge in [-0.15, -0.1) is 0 Å². The van der Waals surface area contributed by atoms with Gasteiger partial charge in [0.25, 0.3) is 5.56 Å². The predicted octanol–water partition coefficient (Wildman–Crippen LogP) is 4.65. The van der Waals surface area contributed by atoms with Crippen LogP contribution in [0.4, 0.5) is 0 Å². The molecule has 2 aromatic heterocycles. The first-order valence-corrected chi connectivity index (χ1v) is 13.6. The number of fused-ring (bicyclic) bond motifs is 1. The number of carbonyl (C=O) groups excluding carboxylic acids is 1. The zero-order valence-electron chi connectivity index (χ0n) is 23.3. The fraction of sp³-hybridized carbons (Fsp3) is 0.567. The van der Waals surface area contributed by atoms with Crippen LogP contribution >= 0.6 is 0 Å². The number of aliphatic hydroxyl groups excluding tert-OH is 1. The minimum atomic E-state index is -0.792. The Morgan fingerprint density at radius 3 is 2.66 bits per heavy atom. The number of ether oxygens (including phenoxy) is 2. The van der Waals surface area contributed by atoms with Crippen LogP contribution in [0.2, 0.25) is 0 Å². The van der Waals surface area contributed by atoms with Crippen molar-refractivity contribution >= 4 is 17.0 Å². The second-order valence-corrected chi connectivity index (χ2v) is 11.9. The van der Waals surface area contributed by atoms with Gasteiger partial charge in [-0.05, 0) is 74.6 Å². The summed E-state index contributed by atoms with van der Waals surface area (Å²) >= 11 is 0. The maximum atomic E-state index is 12.7. The van der Waals surface area contributed by atoms with Crippen molar-refractivity contribution in [1.29, 1.82) is 0 Å². The van der Waals surface area contributed by atoms with E-state index in [0.717, 1.165) is 60.6 Å². The number of hydrogen-bond donors (Lipinski definition) is 2. The third-order valence-corrected chi connectivity index (χ3v) is 7.22. The number of hydrogen-bond acceptors (Lipinski definition) is 6. The zero-order chi connectivity index (χ0) is 27.4. The fourth-order valence-corrected chi connectivity index (χ4v) is 4.92. The van der Waals surface area contributed by atoms with E-state index in [0.29, 0.717) is 30.9 Å². The third-order valence-electron chi connectivity index (χ3n) is 7.22. The Balaban J connectivity index is 1.60. The number of carbonyl (C=O) groups is 1. The summed E-state index contributed by atoms with van der Waals surface area (Å²) in [5.41, 5.74) is 4.25. The quantitative estimate of drug-likeness (QED) is 0.396. The van der Waals surface area contributed by atoms with Crippen LogP contribution in [0.15, 0.2) is 35.3 Å². The molecule has 1 fully saturated rings. The molecule has 0 amide bonds. The van der Waals surface area contributed by atoms with E-state index in [1.54, 1.807) is 20.0 Å². The Morgan fingerprint density at radius 1 is 1.26 bits per heavy atom. The summed E-state index contributed by atoms with van der Waals surface area (Å²) in [6.07, 6.45) is 4.06. The standard InChI is InChI=1S/C30H41N3O5/c1-19-14-23(16-31-28(19)35)27-32-25-15-21(6-8-24(20(2)34)29(36)38-18-30(3,4)5)7-9-26(25)33(27)17-22-10-12-37-13-11-22/h7,9,14-16,20,22,24,34H,6,8,10-13,17-18H2,1-5H3,(H,31,35)/t20-,24+/m1/s1. The highest BCUT2D eigenvalue weighted by molar-refractivity contribution is 5.81. The second kappa shape index (κ2) is 11.8. The van der Waals surface area contributed by atoms with Crippen LogP contribution in [0, 0.1) is 24.2 Å². The largest absolute Gasteiger partial charge is 0.465 e. The average Bonchev–Trinajstić information content (AvgIpc) is 3.22. The van der Waals surface area contributed by atoms with Crippen LogP contribution in [-0.4, -0.2) is 51.5 Å². The van der Waals surface area contributed by atoms with Crippen molar-refractivity contribution in [2.24, 2.45) is 17.3 Å². The normalized spacial score (nSPS) is 16.5. The molecule has 2 N–H and O–H groups in total. The molecule has 0 saturated carbocycles.